The zero-order valence-electron chi connectivity index (χ0n) is 19.0. The lowest BCUT2D eigenvalue weighted by atomic mass is 10.1. The standard InChI is InChI=1S/C19H24FN5O8S/c1-10-6-7-21-15(16(11(2)20)33-14(26)9-30-3)17(10)34(28,29)25-19(27)24-18-22-12(31-4)8-13(23-18)32-5/h6-8,11,16H,9H2,1-5H3,(H2,22,23,24,25,27)/t11-,16-/m0/s1. The van der Waals surface area contributed by atoms with Crippen molar-refractivity contribution in [2.75, 3.05) is 33.3 Å². The number of urea groups is 1. The number of nitrogens with zero attached hydrogens (tertiary/aromatic N) is 3. The van der Waals surface area contributed by atoms with Gasteiger partial charge in [-0.15, -0.1) is 0 Å². The van der Waals surface area contributed by atoms with Crippen LogP contribution in [0.1, 0.15) is 24.3 Å². The normalized spacial score (nSPS) is 12.9. The summed E-state index contributed by atoms with van der Waals surface area (Å²) in [6, 6.07) is 1.45. The largest absolute Gasteiger partial charge is 0.481 e. The van der Waals surface area contributed by atoms with Gasteiger partial charge in [-0.05, 0) is 25.5 Å². The second-order valence-corrected chi connectivity index (χ2v) is 8.32. The van der Waals surface area contributed by atoms with Gasteiger partial charge in [-0.3, -0.25) is 10.3 Å². The summed E-state index contributed by atoms with van der Waals surface area (Å²) < 4.78 is 61.9. The maximum atomic E-state index is 14.4. The van der Waals surface area contributed by atoms with Crippen molar-refractivity contribution >= 4 is 28.0 Å². The Hall–Kier alpha value is -3.59. The molecule has 0 unspecified atom stereocenters. The van der Waals surface area contributed by atoms with Gasteiger partial charge in [-0.25, -0.2) is 27.1 Å². The molecule has 2 heterocycles. The molecular formula is C19H24FN5O8S. The van der Waals surface area contributed by atoms with Crippen molar-refractivity contribution in [2.24, 2.45) is 0 Å². The van der Waals surface area contributed by atoms with Crippen molar-refractivity contribution in [2.45, 2.75) is 31.0 Å². The second-order valence-electron chi connectivity index (χ2n) is 6.70. The number of anilines is 1. The average molecular weight is 501 g/mol. The number of halogens is 1. The first-order chi connectivity index (χ1) is 16.0. The van der Waals surface area contributed by atoms with E-state index in [0.717, 1.165) is 6.92 Å². The Kier molecular flexibility index (Phi) is 9.03. The summed E-state index contributed by atoms with van der Waals surface area (Å²) in [5, 5.41) is 2.15. The Bertz CT molecular complexity index is 1120. The zero-order valence-corrected chi connectivity index (χ0v) is 19.8. The first kappa shape index (κ1) is 26.7. The predicted octanol–water partition coefficient (Wildman–Crippen LogP) is 1.30. The Labute approximate surface area is 195 Å². The molecule has 0 aliphatic carbocycles. The summed E-state index contributed by atoms with van der Waals surface area (Å²) in [6.07, 6.45) is -2.29. The molecule has 2 aromatic rings. The van der Waals surface area contributed by atoms with Crippen LogP contribution >= 0.6 is 0 Å². The molecule has 0 aliphatic heterocycles. The number of methoxy groups -OCH3 is 3. The van der Waals surface area contributed by atoms with Gasteiger partial charge in [0.1, 0.15) is 23.4 Å². The minimum atomic E-state index is -4.63. The van der Waals surface area contributed by atoms with Crippen LogP contribution in [-0.2, 0) is 24.3 Å². The smallest absolute Gasteiger partial charge is 0.335 e. The molecule has 186 valence electrons. The Balaban J connectivity index is 2.37. The quantitative estimate of drug-likeness (QED) is 0.450. The maximum Gasteiger partial charge on any atom is 0.335 e. The number of ether oxygens (including phenoxy) is 4. The fourth-order valence-electron chi connectivity index (χ4n) is 2.75. The summed E-state index contributed by atoms with van der Waals surface area (Å²) in [6.45, 7) is 1.99. The highest BCUT2D eigenvalue weighted by molar-refractivity contribution is 7.90. The highest BCUT2D eigenvalue weighted by Crippen LogP contribution is 2.30. The van der Waals surface area contributed by atoms with Crippen molar-refractivity contribution < 1.29 is 41.3 Å². The Morgan fingerprint density at radius 2 is 1.76 bits per heavy atom. The van der Waals surface area contributed by atoms with E-state index in [1.807, 2.05) is 0 Å². The molecule has 2 aromatic heterocycles. The summed E-state index contributed by atoms with van der Waals surface area (Å²) in [5.74, 6) is -1.14. The van der Waals surface area contributed by atoms with Crippen molar-refractivity contribution in [1.82, 2.24) is 19.7 Å². The third kappa shape index (κ3) is 6.71. The van der Waals surface area contributed by atoms with Gasteiger partial charge in [-0.2, -0.15) is 9.97 Å². The van der Waals surface area contributed by atoms with Crippen molar-refractivity contribution in [1.29, 1.82) is 0 Å². The number of aromatic nitrogens is 3. The predicted molar refractivity (Wildman–Crippen MR) is 115 cm³/mol. The lowest BCUT2D eigenvalue weighted by molar-refractivity contribution is -0.157. The number of aryl methyl sites for hydroxylation is 1. The fraction of sp³-hybridized carbons (Fsp3) is 0.421. The molecule has 0 saturated heterocycles. The van der Waals surface area contributed by atoms with E-state index in [-0.39, 0.29) is 23.3 Å². The van der Waals surface area contributed by atoms with E-state index >= 15 is 0 Å². The van der Waals surface area contributed by atoms with E-state index in [1.54, 1.807) is 4.72 Å². The lowest BCUT2D eigenvalue weighted by Crippen LogP contribution is -2.36. The van der Waals surface area contributed by atoms with Crippen LogP contribution in [0.2, 0.25) is 0 Å². The van der Waals surface area contributed by atoms with E-state index in [0.29, 0.717) is 0 Å². The summed E-state index contributed by atoms with van der Waals surface area (Å²) >= 11 is 0. The van der Waals surface area contributed by atoms with Gasteiger partial charge in [-0.1, -0.05) is 0 Å². The molecule has 0 fully saturated rings. The number of hydrogen-bond donors (Lipinski definition) is 2. The van der Waals surface area contributed by atoms with Crippen LogP contribution in [-0.4, -0.2) is 69.5 Å². The first-order valence-electron chi connectivity index (χ1n) is 9.61. The van der Waals surface area contributed by atoms with E-state index in [9.17, 15) is 22.4 Å². The number of pyridine rings is 1. The molecule has 34 heavy (non-hydrogen) atoms. The van der Waals surface area contributed by atoms with Gasteiger partial charge in [0.15, 0.2) is 6.10 Å². The van der Waals surface area contributed by atoms with Crippen molar-refractivity contribution in [3.8, 4) is 11.8 Å². The maximum absolute atomic E-state index is 14.4. The molecular weight excluding hydrogens is 477 g/mol. The topological polar surface area (TPSA) is 168 Å². The number of sulfonamides is 1. The van der Waals surface area contributed by atoms with Crippen LogP contribution in [0.15, 0.2) is 23.2 Å². The van der Waals surface area contributed by atoms with Gasteiger partial charge in [0.25, 0.3) is 10.0 Å². The first-order valence-corrected chi connectivity index (χ1v) is 11.1. The number of amides is 2. The minimum absolute atomic E-state index is 0.0491. The molecule has 13 nitrogen and oxygen atoms in total. The number of hydrogen-bond acceptors (Lipinski definition) is 11. The summed E-state index contributed by atoms with van der Waals surface area (Å²) in [5.41, 5.74) is -0.280. The fourth-order valence-corrected chi connectivity index (χ4v) is 4.08. The zero-order chi connectivity index (χ0) is 25.5. The molecule has 2 rings (SSSR count). The SMILES string of the molecule is COCC(=O)O[C@H](c1nccc(C)c1S(=O)(=O)NC(=O)Nc1nc(OC)cc(OC)n1)[C@H](C)F. The monoisotopic (exact) mass is 501 g/mol. The molecule has 0 spiro atoms. The van der Waals surface area contributed by atoms with Crippen molar-refractivity contribution in [3.63, 3.8) is 0 Å². The van der Waals surface area contributed by atoms with Gasteiger partial charge in [0.05, 0.1) is 20.3 Å². The van der Waals surface area contributed by atoms with Crippen LogP contribution in [0.4, 0.5) is 15.1 Å². The highest BCUT2D eigenvalue weighted by atomic mass is 32.2. The van der Waals surface area contributed by atoms with Crippen LogP contribution in [0.25, 0.3) is 0 Å². The third-order valence-corrected chi connectivity index (χ3v) is 5.68. The van der Waals surface area contributed by atoms with Gasteiger partial charge >= 0.3 is 12.0 Å². The summed E-state index contributed by atoms with van der Waals surface area (Å²) in [4.78, 5) is 35.4. The van der Waals surface area contributed by atoms with Gasteiger partial charge in [0, 0.05) is 13.3 Å². The van der Waals surface area contributed by atoms with Crippen LogP contribution < -0.4 is 19.5 Å². The van der Waals surface area contributed by atoms with Crippen LogP contribution in [0.5, 0.6) is 11.8 Å². The molecule has 0 radical (unpaired) electrons. The molecule has 2 atom stereocenters. The number of esters is 1. The van der Waals surface area contributed by atoms with Crippen molar-refractivity contribution in [3.05, 3.63) is 29.6 Å². The van der Waals surface area contributed by atoms with E-state index in [2.05, 4.69) is 25.0 Å². The molecule has 2 N–H and O–H groups in total. The third-order valence-electron chi connectivity index (χ3n) is 4.15. The molecule has 15 heteroatoms. The number of carbonyl (C=O) groups is 2. The van der Waals surface area contributed by atoms with Crippen LogP contribution in [0, 0.1) is 6.92 Å². The minimum Gasteiger partial charge on any atom is -0.481 e. The number of carbonyl (C=O) groups excluding carboxylic acids is 2. The molecule has 0 aromatic carbocycles. The Morgan fingerprint density at radius 3 is 2.29 bits per heavy atom. The van der Waals surface area contributed by atoms with Gasteiger partial charge in [0.2, 0.25) is 17.7 Å². The summed E-state index contributed by atoms with van der Waals surface area (Å²) in [7, 11) is -0.747. The lowest BCUT2D eigenvalue weighted by Gasteiger charge is -2.22. The number of nitrogens with one attached hydrogen (secondary N) is 2. The Morgan fingerprint density at radius 1 is 1.15 bits per heavy atom. The molecule has 0 bridgehead atoms. The second kappa shape index (κ2) is 11.5. The van der Waals surface area contributed by atoms with Crippen LogP contribution in [0.3, 0.4) is 0 Å². The molecule has 2 amide bonds. The molecule has 0 aliphatic rings. The average Bonchev–Trinajstić information content (AvgIpc) is 2.76. The number of rotatable bonds is 10. The van der Waals surface area contributed by atoms with E-state index in [4.69, 9.17) is 14.2 Å². The van der Waals surface area contributed by atoms with Gasteiger partial charge < -0.3 is 18.9 Å². The highest BCUT2D eigenvalue weighted by Gasteiger charge is 2.34. The number of alkyl halides is 1. The molecule has 0 saturated carbocycles. The van der Waals surface area contributed by atoms with E-state index in [1.165, 1.54) is 46.6 Å². The van der Waals surface area contributed by atoms with E-state index < -0.39 is 51.5 Å².